The van der Waals surface area contributed by atoms with E-state index in [4.69, 9.17) is 0 Å². The summed E-state index contributed by atoms with van der Waals surface area (Å²) in [7, 11) is 0. The number of nitrogens with one attached hydrogen (secondary N) is 1. The van der Waals surface area contributed by atoms with Gasteiger partial charge in [0, 0.05) is 31.4 Å². The van der Waals surface area contributed by atoms with E-state index in [2.05, 4.69) is 34.5 Å². The molecular formula is C18H19FN2. The lowest BCUT2D eigenvalue weighted by atomic mass is 10.1. The van der Waals surface area contributed by atoms with Crippen molar-refractivity contribution in [1.82, 2.24) is 5.32 Å². The molecule has 2 nitrogen and oxygen atoms in total. The molecule has 2 aromatic carbocycles. The quantitative estimate of drug-likeness (QED) is 0.921. The SMILES string of the molecule is Fc1ccc(N2Cc3ccccc3C2)c(CNC2CC2)c1. The van der Waals surface area contributed by atoms with Crippen molar-refractivity contribution < 1.29 is 4.39 Å². The molecule has 4 rings (SSSR count). The number of halogens is 1. The number of rotatable bonds is 4. The van der Waals surface area contributed by atoms with Gasteiger partial charge in [0.05, 0.1) is 0 Å². The summed E-state index contributed by atoms with van der Waals surface area (Å²) in [4.78, 5) is 2.34. The highest BCUT2D eigenvalue weighted by molar-refractivity contribution is 5.57. The molecule has 0 radical (unpaired) electrons. The van der Waals surface area contributed by atoms with Crippen LogP contribution >= 0.6 is 0 Å². The van der Waals surface area contributed by atoms with Crippen LogP contribution in [-0.4, -0.2) is 6.04 Å². The Bertz CT molecular complexity index is 639. The van der Waals surface area contributed by atoms with E-state index in [1.807, 2.05) is 6.07 Å². The van der Waals surface area contributed by atoms with Crippen LogP contribution in [0.5, 0.6) is 0 Å². The molecule has 0 bridgehead atoms. The highest BCUT2D eigenvalue weighted by atomic mass is 19.1. The van der Waals surface area contributed by atoms with Crippen molar-refractivity contribution in [3.05, 3.63) is 65.0 Å². The lowest BCUT2D eigenvalue weighted by Gasteiger charge is -2.22. The number of fused-ring (bicyclic) bond motifs is 1. The topological polar surface area (TPSA) is 15.3 Å². The van der Waals surface area contributed by atoms with Crippen LogP contribution in [0.15, 0.2) is 42.5 Å². The molecule has 108 valence electrons. The van der Waals surface area contributed by atoms with Crippen LogP contribution in [0.4, 0.5) is 10.1 Å². The molecule has 0 saturated heterocycles. The lowest BCUT2D eigenvalue weighted by molar-refractivity contribution is 0.618. The number of hydrogen-bond acceptors (Lipinski definition) is 2. The average Bonchev–Trinajstić information content (AvgIpc) is 3.22. The zero-order valence-corrected chi connectivity index (χ0v) is 12.0. The number of hydrogen-bond donors (Lipinski definition) is 1. The zero-order valence-electron chi connectivity index (χ0n) is 12.0. The van der Waals surface area contributed by atoms with E-state index < -0.39 is 0 Å². The first-order valence-electron chi connectivity index (χ1n) is 7.63. The van der Waals surface area contributed by atoms with Crippen LogP contribution in [0.3, 0.4) is 0 Å². The Morgan fingerprint density at radius 3 is 2.43 bits per heavy atom. The van der Waals surface area contributed by atoms with Crippen LogP contribution in [0, 0.1) is 5.82 Å². The summed E-state index contributed by atoms with van der Waals surface area (Å²) in [6.07, 6.45) is 2.50. The molecule has 1 saturated carbocycles. The van der Waals surface area contributed by atoms with Crippen LogP contribution < -0.4 is 10.2 Å². The van der Waals surface area contributed by atoms with Crippen molar-refractivity contribution in [1.29, 1.82) is 0 Å². The molecule has 0 atom stereocenters. The molecule has 0 spiro atoms. The largest absolute Gasteiger partial charge is 0.363 e. The van der Waals surface area contributed by atoms with Crippen molar-refractivity contribution in [2.75, 3.05) is 4.90 Å². The lowest BCUT2D eigenvalue weighted by Crippen LogP contribution is -2.21. The van der Waals surface area contributed by atoms with Gasteiger partial charge in [-0.2, -0.15) is 0 Å². The molecule has 1 heterocycles. The van der Waals surface area contributed by atoms with Crippen molar-refractivity contribution in [2.24, 2.45) is 0 Å². The third-order valence-corrected chi connectivity index (χ3v) is 4.38. The number of anilines is 1. The fraction of sp³-hybridized carbons (Fsp3) is 0.333. The molecule has 1 aliphatic carbocycles. The minimum absolute atomic E-state index is 0.150. The Balaban J connectivity index is 1.59. The molecule has 2 aliphatic rings. The molecule has 0 aromatic heterocycles. The summed E-state index contributed by atoms with van der Waals surface area (Å²) in [5, 5.41) is 3.49. The zero-order chi connectivity index (χ0) is 14.2. The van der Waals surface area contributed by atoms with E-state index in [1.165, 1.54) is 24.0 Å². The normalized spacial score (nSPS) is 17.1. The van der Waals surface area contributed by atoms with Crippen LogP contribution in [0.2, 0.25) is 0 Å². The molecule has 1 fully saturated rings. The Kier molecular flexibility index (Phi) is 3.15. The summed E-state index contributed by atoms with van der Waals surface area (Å²) in [6, 6.07) is 14.3. The van der Waals surface area contributed by atoms with Gasteiger partial charge in [0.1, 0.15) is 5.82 Å². The van der Waals surface area contributed by atoms with Crippen LogP contribution in [-0.2, 0) is 19.6 Å². The Labute approximate surface area is 124 Å². The van der Waals surface area contributed by atoms with Crippen molar-refractivity contribution in [3.63, 3.8) is 0 Å². The van der Waals surface area contributed by atoms with Gasteiger partial charge in [-0.1, -0.05) is 24.3 Å². The van der Waals surface area contributed by atoms with E-state index in [0.717, 1.165) is 30.9 Å². The van der Waals surface area contributed by atoms with Gasteiger partial charge in [-0.15, -0.1) is 0 Å². The van der Waals surface area contributed by atoms with Gasteiger partial charge < -0.3 is 10.2 Å². The second-order valence-corrected chi connectivity index (χ2v) is 6.05. The second-order valence-electron chi connectivity index (χ2n) is 6.05. The van der Waals surface area contributed by atoms with E-state index in [0.29, 0.717) is 6.04 Å². The maximum absolute atomic E-state index is 13.6. The van der Waals surface area contributed by atoms with Crippen molar-refractivity contribution in [2.45, 2.75) is 38.5 Å². The number of nitrogens with zero attached hydrogens (tertiary/aromatic N) is 1. The van der Waals surface area contributed by atoms with Gasteiger partial charge in [-0.25, -0.2) is 4.39 Å². The highest BCUT2D eigenvalue weighted by Crippen LogP contribution is 2.31. The summed E-state index contributed by atoms with van der Waals surface area (Å²) < 4.78 is 13.6. The molecule has 2 aromatic rings. The standard InChI is InChI=1S/C18H19FN2/c19-16-5-8-18(15(9-16)10-20-17-6-7-17)21-11-13-3-1-2-4-14(13)12-21/h1-5,8-9,17,20H,6-7,10-12H2. The summed E-state index contributed by atoms with van der Waals surface area (Å²) >= 11 is 0. The van der Waals surface area contributed by atoms with Crippen LogP contribution in [0.1, 0.15) is 29.5 Å². The molecule has 21 heavy (non-hydrogen) atoms. The Morgan fingerprint density at radius 1 is 1.05 bits per heavy atom. The first-order chi connectivity index (χ1) is 10.3. The van der Waals surface area contributed by atoms with E-state index in [-0.39, 0.29) is 5.82 Å². The van der Waals surface area contributed by atoms with Gasteiger partial charge in [-0.3, -0.25) is 0 Å². The third kappa shape index (κ3) is 2.66. The van der Waals surface area contributed by atoms with Crippen molar-refractivity contribution in [3.8, 4) is 0 Å². The van der Waals surface area contributed by atoms with E-state index in [9.17, 15) is 4.39 Å². The maximum Gasteiger partial charge on any atom is 0.123 e. The average molecular weight is 282 g/mol. The minimum Gasteiger partial charge on any atom is -0.363 e. The van der Waals surface area contributed by atoms with Gasteiger partial charge in [0.2, 0.25) is 0 Å². The summed E-state index contributed by atoms with van der Waals surface area (Å²) in [5.41, 5.74) is 4.97. The highest BCUT2D eigenvalue weighted by Gasteiger charge is 2.23. The molecule has 3 heteroatoms. The molecule has 0 unspecified atom stereocenters. The smallest absolute Gasteiger partial charge is 0.123 e. The Hall–Kier alpha value is -1.87. The monoisotopic (exact) mass is 282 g/mol. The van der Waals surface area contributed by atoms with Crippen molar-refractivity contribution >= 4 is 5.69 Å². The van der Waals surface area contributed by atoms with Gasteiger partial charge in [-0.05, 0) is 47.7 Å². The first-order valence-corrected chi connectivity index (χ1v) is 7.63. The molecule has 1 aliphatic heterocycles. The van der Waals surface area contributed by atoms with E-state index in [1.54, 1.807) is 12.1 Å². The fourth-order valence-electron chi connectivity index (χ4n) is 3.05. The predicted octanol–water partition coefficient (Wildman–Crippen LogP) is 3.60. The summed E-state index contributed by atoms with van der Waals surface area (Å²) in [6.45, 7) is 2.58. The first kappa shape index (κ1) is 12.8. The Morgan fingerprint density at radius 2 is 1.76 bits per heavy atom. The maximum atomic E-state index is 13.6. The van der Waals surface area contributed by atoms with Gasteiger partial charge >= 0.3 is 0 Å². The third-order valence-electron chi connectivity index (χ3n) is 4.38. The molecular weight excluding hydrogens is 263 g/mol. The summed E-state index contributed by atoms with van der Waals surface area (Å²) in [5.74, 6) is -0.150. The molecule has 1 N–H and O–H groups in total. The fourth-order valence-corrected chi connectivity index (χ4v) is 3.05. The minimum atomic E-state index is -0.150. The number of benzene rings is 2. The van der Waals surface area contributed by atoms with Crippen LogP contribution in [0.25, 0.3) is 0 Å². The van der Waals surface area contributed by atoms with Gasteiger partial charge in [0.25, 0.3) is 0 Å². The molecule has 0 amide bonds. The van der Waals surface area contributed by atoms with Gasteiger partial charge in [0.15, 0.2) is 0 Å². The predicted molar refractivity (Wildman–Crippen MR) is 82.6 cm³/mol. The second kappa shape index (κ2) is 5.15. The van der Waals surface area contributed by atoms with E-state index >= 15 is 0 Å².